The van der Waals surface area contributed by atoms with Crippen LogP contribution in [-0.4, -0.2) is 52.9 Å². The van der Waals surface area contributed by atoms with Gasteiger partial charge in [-0.1, -0.05) is 34.1 Å². The topological polar surface area (TPSA) is 104 Å². The minimum Gasteiger partial charge on any atom is -0.376 e. The quantitative estimate of drug-likeness (QED) is 0.435. The molecule has 0 saturated carbocycles. The summed E-state index contributed by atoms with van der Waals surface area (Å²) < 4.78 is 6.56. The maximum atomic E-state index is 14.0. The van der Waals surface area contributed by atoms with Gasteiger partial charge in [0.25, 0.3) is 0 Å². The number of rotatable bonds is 4. The van der Waals surface area contributed by atoms with Crippen molar-refractivity contribution in [2.75, 3.05) is 18.5 Å². The third kappa shape index (κ3) is 3.02. The molecule has 4 aliphatic heterocycles. The first-order valence-electron chi connectivity index (χ1n) is 12.4. The molecule has 1 spiro atoms. The van der Waals surface area contributed by atoms with Crippen molar-refractivity contribution < 1.29 is 19.1 Å². The first-order valence-corrected chi connectivity index (χ1v) is 13.2. The number of hydrogen-bond donors (Lipinski definition) is 3. The molecule has 1 aromatic heterocycles. The molecule has 4 aliphatic rings. The number of imide groups is 1. The van der Waals surface area contributed by atoms with Crippen molar-refractivity contribution >= 4 is 50.2 Å². The Hall–Kier alpha value is -3.01. The van der Waals surface area contributed by atoms with Crippen LogP contribution in [0.15, 0.2) is 53.1 Å². The van der Waals surface area contributed by atoms with E-state index in [0.717, 1.165) is 33.8 Å². The molecule has 8 nitrogen and oxygen atoms in total. The molecule has 3 saturated heterocycles. The minimum absolute atomic E-state index is 0.147. The van der Waals surface area contributed by atoms with E-state index in [9.17, 15) is 14.4 Å². The lowest BCUT2D eigenvalue weighted by atomic mass is 9.76. The fourth-order valence-corrected chi connectivity index (χ4v) is 7.08. The predicted octanol–water partition coefficient (Wildman–Crippen LogP) is 3.07. The lowest BCUT2D eigenvalue weighted by molar-refractivity contribution is -0.144. The zero-order valence-electron chi connectivity index (χ0n) is 19.4. The molecule has 3 aromatic rings. The number of nitrogens with zero attached hydrogens (tertiary/aromatic N) is 1. The molecule has 2 aromatic carbocycles. The van der Waals surface area contributed by atoms with Crippen LogP contribution in [0, 0.1) is 11.8 Å². The lowest BCUT2D eigenvalue weighted by Crippen LogP contribution is -2.54. The van der Waals surface area contributed by atoms with E-state index in [0.29, 0.717) is 24.3 Å². The highest BCUT2D eigenvalue weighted by atomic mass is 79.9. The summed E-state index contributed by atoms with van der Waals surface area (Å²) in [5.41, 5.74) is 2.12. The van der Waals surface area contributed by atoms with E-state index in [1.807, 2.05) is 48.7 Å². The van der Waals surface area contributed by atoms with Gasteiger partial charge in [-0.3, -0.25) is 24.6 Å². The summed E-state index contributed by atoms with van der Waals surface area (Å²) in [7, 11) is 0. The van der Waals surface area contributed by atoms with Crippen LogP contribution >= 0.6 is 15.9 Å². The smallest absolute Gasteiger partial charge is 0.250 e. The number of aromatic amines is 1. The van der Waals surface area contributed by atoms with Crippen LogP contribution in [0.1, 0.15) is 24.0 Å². The van der Waals surface area contributed by atoms with Crippen molar-refractivity contribution in [2.45, 2.75) is 36.9 Å². The van der Waals surface area contributed by atoms with Gasteiger partial charge in [0.05, 0.1) is 24.5 Å². The van der Waals surface area contributed by atoms with E-state index in [4.69, 9.17) is 4.74 Å². The number of amides is 3. The number of carbonyl (C=O) groups excluding carboxylic acids is 3. The second-order valence-electron chi connectivity index (χ2n) is 10.2. The van der Waals surface area contributed by atoms with Gasteiger partial charge >= 0.3 is 0 Å². The molecular formula is C27H25BrN4O4. The summed E-state index contributed by atoms with van der Waals surface area (Å²) in [6.45, 7) is 0.889. The van der Waals surface area contributed by atoms with Crippen LogP contribution in [-0.2, 0) is 31.1 Å². The second-order valence-corrected chi connectivity index (χ2v) is 11.1. The Bertz CT molecular complexity index is 1430. The second kappa shape index (κ2) is 7.99. The van der Waals surface area contributed by atoms with Crippen molar-refractivity contribution in [1.82, 2.24) is 15.2 Å². The number of para-hydroxylation sites is 1. The number of H-pyrrole nitrogens is 1. The van der Waals surface area contributed by atoms with Crippen LogP contribution in [0.3, 0.4) is 0 Å². The van der Waals surface area contributed by atoms with Crippen molar-refractivity contribution in [1.29, 1.82) is 0 Å². The number of hydrogen-bond acceptors (Lipinski definition) is 5. The zero-order valence-corrected chi connectivity index (χ0v) is 21.0. The molecule has 9 heteroatoms. The number of halogens is 1. The highest BCUT2D eigenvalue weighted by Gasteiger charge is 2.70. The molecule has 7 rings (SSSR count). The lowest BCUT2D eigenvalue weighted by Gasteiger charge is -2.30. The Morgan fingerprint density at radius 3 is 2.81 bits per heavy atom. The van der Waals surface area contributed by atoms with Crippen LogP contribution in [0.5, 0.6) is 0 Å². The van der Waals surface area contributed by atoms with Crippen molar-refractivity contribution in [3.8, 4) is 0 Å². The fourth-order valence-electron chi connectivity index (χ4n) is 6.72. The summed E-state index contributed by atoms with van der Waals surface area (Å²) >= 11 is 3.53. The maximum Gasteiger partial charge on any atom is 0.250 e. The van der Waals surface area contributed by atoms with E-state index < -0.39 is 23.4 Å². The molecule has 5 heterocycles. The summed E-state index contributed by atoms with van der Waals surface area (Å²) in [6, 6.07) is 13.2. The summed E-state index contributed by atoms with van der Waals surface area (Å²) in [5, 5.41) is 7.57. The molecule has 36 heavy (non-hydrogen) atoms. The van der Waals surface area contributed by atoms with Crippen molar-refractivity contribution in [3.63, 3.8) is 0 Å². The number of fused-ring (bicyclic) bond motifs is 5. The Kier molecular flexibility index (Phi) is 4.93. The molecule has 184 valence electrons. The van der Waals surface area contributed by atoms with E-state index >= 15 is 0 Å². The molecular weight excluding hydrogens is 524 g/mol. The Labute approximate surface area is 215 Å². The van der Waals surface area contributed by atoms with E-state index in [1.165, 1.54) is 4.90 Å². The number of ether oxygens (including phenoxy) is 1. The number of likely N-dealkylation sites (tertiary alicyclic amines) is 1. The van der Waals surface area contributed by atoms with Gasteiger partial charge in [0.1, 0.15) is 5.54 Å². The van der Waals surface area contributed by atoms with Gasteiger partial charge in [-0.25, -0.2) is 0 Å². The normalized spacial score (nSPS) is 31.0. The van der Waals surface area contributed by atoms with Crippen molar-refractivity contribution in [3.05, 3.63) is 64.3 Å². The standard InChI is InChI=1S/C27H25BrN4O4/c28-15-7-8-20-18(11-15)27(26(35)30-20)23-22(24(33)32(25(23)34)13-16-4-3-9-36-16)21(31-27)10-14-12-29-19-6-2-1-5-17(14)19/h1-2,5-8,11-12,16,21-23,29,31H,3-4,9-10,13H2,(H,30,35)/t16-,21+,22+,23-,27-/m1/s1. The first kappa shape index (κ1) is 22.2. The molecule has 3 fully saturated rings. The number of nitrogens with one attached hydrogen (secondary N) is 3. The average molecular weight is 549 g/mol. The van der Waals surface area contributed by atoms with Crippen LogP contribution in [0.2, 0.25) is 0 Å². The maximum absolute atomic E-state index is 14.0. The first-order chi connectivity index (χ1) is 17.5. The minimum atomic E-state index is -1.31. The number of benzene rings is 2. The average Bonchev–Trinajstić information content (AvgIpc) is 3.67. The summed E-state index contributed by atoms with van der Waals surface area (Å²) in [6.07, 6.45) is 4.07. The largest absolute Gasteiger partial charge is 0.376 e. The highest BCUT2D eigenvalue weighted by Crippen LogP contribution is 2.54. The Morgan fingerprint density at radius 1 is 1.11 bits per heavy atom. The molecule has 0 unspecified atom stereocenters. The molecule has 0 radical (unpaired) electrons. The zero-order chi connectivity index (χ0) is 24.6. The summed E-state index contributed by atoms with van der Waals surface area (Å²) in [5.74, 6) is -2.27. The highest BCUT2D eigenvalue weighted by molar-refractivity contribution is 9.10. The van der Waals surface area contributed by atoms with Crippen LogP contribution in [0.4, 0.5) is 5.69 Å². The van der Waals surface area contributed by atoms with Gasteiger partial charge in [0, 0.05) is 45.5 Å². The van der Waals surface area contributed by atoms with Gasteiger partial charge in [0.15, 0.2) is 0 Å². The van der Waals surface area contributed by atoms with Crippen LogP contribution in [0.25, 0.3) is 10.9 Å². The van der Waals surface area contributed by atoms with Crippen LogP contribution < -0.4 is 10.6 Å². The van der Waals surface area contributed by atoms with E-state index in [-0.39, 0.29) is 30.4 Å². The third-order valence-electron chi connectivity index (χ3n) is 8.29. The molecule has 3 N–H and O–H groups in total. The predicted molar refractivity (Wildman–Crippen MR) is 136 cm³/mol. The monoisotopic (exact) mass is 548 g/mol. The summed E-state index contributed by atoms with van der Waals surface area (Å²) in [4.78, 5) is 46.2. The molecule has 3 amide bonds. The van der Waals surface area contributed by atoms with E-state index in [2.05, 4.69) is 31.5 Å². The van der Waals surface area contributed by atoms with E-state index in [1.54, 1.807) is 0 Å². The molecule has 0 bridgehead atoms. The van der Waals surface area contributed by atoms with Gasteiger partial charge in [-0.2, -0.15) is 0 Å². The van der Waals surface area contributed by atoms with Gasteiger partial charge < -0.3 is 15.0 Å². The number of anilines is 1. The third-order valence-corrected chi connectivity index (χ3v) is 8.79. The van der Waals surface area contributed by atoms with Crippen molar-refractivity contribution in [2.24, 2.45) is 11.8 Å². The number of carbonyl (C=O) groups is 3. The Balaban J connectivity index is 1.33. The van der Waals surface area contributed by atoms with Gasteiger partial charge in [-0.05, 0) is 49.1 Å². The molecule has 5 atom stereocenters. The van der Waals surface area contributed by atoms with Gasteiger partial charge in [-0.15, -0.1) is 0 Å². The Morgan fingerprint density at radius 2 is 1.97 bits per heavy atom. The fraction of sp³-hybridized carbons (Fsp3) is 0.370. The van der Waals surface area contributed by atoms with Gasteiger partial charge in [0.2, 0.25) is 17.7 Å². The SMILES string of the molecule is O=C1[C@H]2[C@H](Cc3c[nH]c4ccccc34)N[C@@]3(C(=O)Nc4ccc(Br)cc43)[C@H]2C(=O)N1C[C@H]1CCCO1. The molecule has 0 aliphatic carbocycles. The number of aromatic nitrogens is 1.